The van der Waals surface area contributed by atoms with E-state index in [0.29, 0.717) is 6.42 Å². The van der Waals surface area contributed by atoms with E-state index in [1.807, 2.05) is 25.9 Å². The molecule has 0 unspecified atom stereocenters. The average molecular weight is 750 g/mol. The van der Waals surface area contributed by atoms with Crippen LogP contribution in [0.5, 0.6) is 0 Å². The first-order valence-electron chi connectivity index (χ1n) is 18.6. The number of ether oxygens (including phenoxy) is 7. The van der Waals surface area contributed by atoms with E-state index in [9.17, 15) is 35.1 Å². The standard InChI is InChI=1S/C37H67NO14/c1-14-25-36(9,45)30(41)20(4)27(39)18(2)16-35(8,44)32(52-34-28(40)24(38(10)11)15-19(3)48-34)21(5)29(22(6)33(43)50-25)51-26-17-37(46-12,47-13)31(42)23(7)49-26/h18-26,28-32,34,40-42,44-45H,14-17H2,1-13H3/t18-,19-,20+,21+,22-,23+,24+,25-,26+,28-,29+,30-,31+,32-,34+,35-,36-/m1/s1. The summed E-state index contributed by atoms with van der Waals surface area (Å²) in [4.78, 5) is 29.8. The van der Waals surface area contributed by atoms with E-state index in [1.54, 1.807) is 34.6 Å². The molecule has 0 aromatic carbocycles. The maximum Gasteiger partial charge on any atom is 0.311 e. The Labute approximate surface area is 309 Å². The fourth-order valence-corrected chi connectivity index (χ4v) is 8.46. The van der Waals surface area contributed by atoms with Crippen LogP contribution in [-0.2, 0) is 42.7 Å². The van der Waals surface area contributed by atoms with Gasteiger partial charge in [0.05, 0.1) is 48.5 Å². The van der Waals surface area contributed by atoms with Crippen LogP contribution in [0.25, 0.3) is 0 Å². The summed E-state index contributed by atoms with van der Waals surface area (Å²) in [7, 11) is 6.46. The number of hydrogen-bond acceptors (Lipinski definition) is 15. The predicted octanol–water partition coefficient (Wildman–Crippen LogP) is 1.37. The zero-order valence-electron chi connectivity index (χ0n) is 33.3. The highest BCUT2D eigenvalue weighted by Crippen LogP contribution is 2.41. The smallest absolute Gasteiger partial charge is 0.311 e. The lowest BCUT2D eigenvalue weighted by molar-refractivity contribution is -0.363. The second-order valence-corrected chi connectivity index (χ2v) is 16.2. The van der Waals surface area contributed by atoms with Crippen LogP contribution in [0.15, 0.2) is 0 Å². The van der Waals surface area contributed by atoms with Crippen molar-refractivity contribution in [1.29, 1.82) is 0 Å². The summed E-state index contributed by atoms with van der Waals surface area (Å²) in [6.45, 7) is 14.4. The second kappa shape index (κ2) is 17.6. The van der Waals surface area contributed by atoms with Gasteiger partial charge >= 0.3 is 5.97 Å². The van der Waals surface area contributed by atoms with Crippen LogP contribution in [0.2, 0.25) is 0 Å². The van der Waals surface area contributed by atoms with Gasteiger partial charge < -0.3 is 63.6 Å². The van der Waals surface area contributed by atoms with E-state index in [4.69, 9.17) is 33.2 Å². The molecule has 0 aromatic heterocycles. The molecule has 0 spiro atoms. The zero-order chi connectivity index (χ0) is 39.7. The van der Waals surface area contributed by atoms with Crippen LogP contribution in [0.3, 0.4) is 0 Å². The number of likely N-dealkylation sites (N-methyl/N-ethyl adjacent to an activating group) is 1. The topological polar surface area (TPSA) is 203 Å². The maximum absolute atomic E-state index is 14.1. The first-order valence-corrected chi connectivity index (χ1v) is 18.6. The van der Waals surface area contributed by atoms with Gasteiger partial charge in [-0.15, -0.1) is 0 Å². The van der Waals surface area contributed by atoms with Gasteiger partial charge in [0.2, 0.25) is 5.79 Å². The largest absolute Gasteiger partial charge is 0.459 e. The molecule has 3 aliphatic rings. The SMILES string of the molecule is CC[C@H]1OC(=O)[C@H](C)[C@@H](O[C@H]2CC(OC)(OC)[C@@H](O)[C@H](C)O2)[C@H](C)[C@@H](O[C@@H]2O[C@H](C)C[C@H](N(C)C)[C@H]2O)[C@](C)(O)C[C@@H](C)C(=O)[C@H](C)[C@@H](O)[C@]1(C)O. The molecule has 17 atom stereocenters. The quantitative estimate of drug-likeness (QED) is 0.176. The molecule has 3 saturated heterocycles. The van der Waals surface area contributed by atoms with Gasteiger partial charge in [0.25, 0.3) is 0 Å². The summed E-state index contributed by atoms with van der Waals surface area (Å²) in [6.07, 6.45) is -10.6. The minimum absolute atomic E-state index is 0.104. The summed E-state index contributed by atoms with van der Waals surface area (Å²) >= 11 is 0. The predicted molar refractivity (Wildman–Crippen MR) is 188 cm³/mol. The van der Waals surface area contributed by atoms with Crippen molar-refractivity contribution in [2.24, 2.45) is 23.7 Å². The van der Waals surface area contributed by atoms with Gasteiger partial charge in [-0.1, -0.05) is 27.7 Å². The Morgan fingerprint density at radius 3 is 2.00 bits per heavy atom. The average Bonchev–Trinajstić information content (AvgIpc) is 3.08. The summed E-state index contributed by atoms with van der Waals surface area (Å²) < 4.78 is 42.6. The van der Waals surface area contributed by atoms with Crippen LogP contribution in [0.1, 0.15) is 88.0 Å². The van der Waals surface area contributed by atoms with Crippen LogP contribution in [0.4, 0.5) is 0 Å². The van der Waals surface area contributed by atoms with Crippen molar-refractivity contribution in [1.82, 2.24) is 4.90 Å². The van der Waals surface area contributed by atoms with E-state index >= 15 is 0 Å². The third kappa shape index (κ3) is 9.36. The summed E-state index contributed by atoms with van der Waals surface area (Å²) in [5.41, 5.74) is -3.83. The van der Waals surface area contributed by atoms with Gasteiger partial charge in [0.15, 0.2) is 12.6 Å². The Morgan fingerprint density at radius 2 is 1.46 bits per heavy atom. The summed E-state index contributed by atoms with van der Waals surface area (Å²) in [5, 5.41) is 57.7. The van der Waals surface area contributed by atoms with Crippen molar-refractivity contribution >= 4 is 11.8 Å². The fourth-order valence-electron chi connectivity index (χ4n) is 8.46. The number of rotatable bonds is 8. The molecule has 0 radical (unpaired) electrons. The van der Waals surface area contributed by atoms with Gasteiger partial charge in [0, 0.05) is 38.0 Å². The lowest BCUT2D eigenvalue weighted by atomic mass is 9.74. The summed E-state index contributed by atoms with van der Waals surface area (Å²) in [6, 6.07) is -0.338. The molecular formula is C37H67NO14. The number of carbonyl (C=O) groups excluding carboxylic acids is 2. The molecule has 52 heavy (non-hydrogen) atoms. The van der Waals surface area contributed by atoms with Gasteiger partial charge in [-0.05, 0) is 68.0 Å². The van der Waals surface area contributed by atoms with Crippen molar-refractivity contribution < 1.29 is 68.3 Å². The highest BCUT2D eigenvalue weighted by Gasteiger charge is 2.54. The molecule has 3 heterocycles. The third-order valence-corrected chi connectivity index (χ3v) is 11.8. The normalized spacial score (nSPS) is 47.2. The van der Waals surface area contributed by atoms with E-state index in [0.717, 1.165) is 0 Å². The lowest BCUT2D eigenvalue weighted by Crippen LogP contribution is -2.62. The van der Waals surface area contributed by atoms with E-state index in [-0.39, 0.29) is 31.4 Å². The number of hydrogen-bond donors (Lipinski definition) is 5. The van der Waals surface area contributed by atoms with Gasteiger partial charge in [-0.2, -0.15) is 0 Å². The Morgan fingerprint density at radius 1 is 0.865 bits per heavy atom. The number of aliphatic hydroxyl groups excluding tert-OH is 3. The Bertz CT molecular complexity index is 1180. The molecule has 0 aliphatic carbocycles. The maximum atomic E-state index is 14.1. The van der Waals surface area contributed by atoms with Crippen LogP contribution >= 0.6 is 0 Å². The third-order valence-electron chi connectivity index (χ3n) is 11.8. The number of carbonyl (C=O) groups is 2. The Balaban J connectivity index is 2.20. The molecule has 0 aromatic rings. The highest BCUT2D eigenvalue weighted by molar-refractivity contribution is 5.83. The van der Waals surface area contributed by atoms with E-state index in [1.165, 1.54) is 35.0 Å². The number of ketones is 1. The van der Waals surface area contributed by atoms with Crippen LogP contribution < -0.4 is 0 Å². The molecule has 15 nitrogen and oxygen atoms in total. The molecular weight excluding hydrogens is 682 g/mol. The van der Waals surface area contributed by atoms with E-state index < -0.39 is 108 Å². The Hall–Kier alpha value is -1.34. The summed E-state index contributed by atoms with van der Waals surface area (Å²) in [5.74, 6) is -6.64. The minimum atomic E-state index is -2.01. The van der Waals surface area contributed by atoms with Gasteiger partial charge in [-0.3, -0.25) is 9.59 Å². The number of Topliss-reactive ketones (excluding diaryl/α,β-unsaturated/α-hetero) is 1. The number of nitrogens with zero attached hydrogens (tertiary/aromatic N) is 1. The Kier molecular flexibility index (Phi) is 15.3. The van der Waals surface area contributed by atoms with Crippen molar-refractivity contribution in [2.45, 2.75) is 172 Å². The zero-order valence-corrected chi connectivity index (χ0v) is 33.3. The molecule has 3 fully saturated rings. The molecule has 0 saturated carbocycles. The second-order valence-electron chi connectivity index (χ2n) is 16.2. The molecule has 0 amide bonds. The number of cyclic esters (lactones) is 1. The molecule has 3 rings (SSSR count). The number of methoxy groups -OCH3 is 2. The molecule has 15 heteroatoms. The minimum Gasteiger partial charge on any atom is -0.459 e. The van der Waals surface area contributed by atoms with Gasteiger partial charge in [0.1, 0.15) is 29.7 Å². The first kappa shape index (κ1) is 45.1. The molecule has 304 valence electrons. The monoisotopic (exact) mass is 749 g/mol. The number of esters is 1. The molecule has 5 N–H and O–H groups in total. The van der Waals surface area contributed by atoms with E-state index in [2.05, 4.69) is 0 Å². The van der Waals surface area contributed by atoms with Crippen molar-refractivity contribution in [2.75, 3.05) is 28.3 Å². The highest BCUT2D eigenvalue weighted by atomic mass is 16.7. The van der Waals surface area contributed by atoms with Crippen LogP contribution in [0, 0.1) is 23.7 Å². The van der Waals surface area contributed by atoms with Gasteiger partial charge in [-0.25, -0.2) is 0 Å². The van der Waals surface area contributed by atoms with Crippen molar-refractivity contribution in [3.63, 3.8) is 0 Å². The number of aliphatic hydroxyl groups is 5. The van der Waals surface area contributed by atoms with Crippen LogP contribution in [-0.4, -0.2) is 155 Å². The van der Waals surface area contributed by atoms with Crippen molar-refractivity contribution in [3.05, 3.63) is 0 Å². The first-order chi connectivity index (χ1) is 24.0. The van der Waals surface area contributed by atoms with Crippen molar-refractivity contribution in [3.8, 4) is 0 Å². The fraction of sp³-hybridized carbons (Fsp3) is 0.946. The lowest BCUT2D eigenvalue weighted by Gasteiger charge is -2.49. The molecule has 3 aliphatic heterocycles. The molecule has 0 bridgehead atoms.